The minimum atomic E-state index is -1.10. The van der Waals surface area contributed by atoms with Crippen LogP contribution in [0.3, 0.4) is 0 Å². The fourth-order valence-electron chi connectivity index (χ4n) is 1.53. The third-order valence-corrected chi connectivity index (χ3v) is 2.41. The van der Waals surface area contributed by atoms with E-state index in [-0.39, 0.29) is 0 Å². The quantitative estimate of drug-likeness (QED) is 0.421. The van der Waals surface area contributed by atoms with Crippen LogP contribution in [-0.2, 0) is 0 Å². The third kappa shape index (κ3) is 11.9. The molecule has 0 aliphatic carbocycles. The highest BCUT2D eigenvalue weighted by atomic mass is 16.5. The van der Waals surface area contributed by atoms with Crippen LogP contribution < -0.4 is 0 Å². The first kappa shape index (κ1) is 13.9. The molecule has 0 fully saturated rings. The van der Waals surface area contributed by atoms with Gasteiger partial charge in [-0.3, -0.25) is 0 Å². The lowest BCUT2D eigenvalue weighted by atomic mass is 10.1. The van der Waals surface area contributed by atoms with Crippen molar-refractivity contribution in [2.45, 2.75) is 71.0 Å². The molecule has 0 bridgehead atoms. The molecule has 2 N–H and O–H groups in total. The Balaban J connectivity index is 2.85. The minimum absolute atomic E-state index is 0.531. The smallest absolute Gasteiger partial charge is 0.151 e. The van der Waals surface area contributed by atoms with E-state index in [1.807, 2.05) is 0 Å². The molecule has 14 heavy (non-hydrogen) atoms. The maximum atomic E-state index is 8.60. The van der Waals surface area contributed by atoms with Gasteiger partial charge in [0.25, 0.3) is 0 Å². The van der Waals surface area contributed by atoms with Crippen LogP contribution in [0, 0.1) is 6.42 Å². The molecule has 0 unspecified atom stereocenters. The van der Waals surface area contributed by atoms with E-state index in [1.54, 1.807) is 0 Å². The lowest BCUT2D eigenvalue weighted by molar-refractivity contribution is -0.0466. The second-order valence-electron chi connectivity index (χ2n) is 3.88. The number of hydrogen-bond acceptors (Lipinski definition) is 2. The van der Waals surface area contributed by atoms with Crippen LogP contribution in [0.25, 0.3) is 0 Å². The first-order chi connectivity index (χ1) is 6.77. The maximum absolute atomic E-state index is 8.60. The van der Waals surface area contributed by atoms with Crippen LogP contribution in [0.4, 0.5) is 0 Å². The van der Waals surface area contributed by atoms with Gasteiger partial charge in [-0.2, -0.15) is 0 Å². The van der Waals surface area contributed by atoms with Gasteiger partial charge in [-0.1, -0.05) is 51.9 Å². The molecule has 0 aliphatic heterocycles. The molecule has 0 aromatic heterocycles. The summed E-state index contributed by atoms with van der Waals surface area (Å²) in [5, 5.41) is 17.2. The Labute approximate surface area is 88.3 Å². The van der Waals surface area contributed by atoms with Gasteiger partial charge in [-0.05, 0) is 19.3 Å². The van der Waals surface area contributed by atoms with Crippen LogP contribution in [0.15, 0.2) is 0 Å². The van der Waals surface area contributed by atoms with Crippen LogP contribution in [0.5, 0.6) is 0 Å². The van der Waals surface area contributed by atoms with Crippen LogP contribution in [0.2, 0.25) is 0 Å². The lowest BCUT2D eigenvalue weighted by Gasteiger charge is -2.03. The average molecular weight is 201 g/mol. The first-order valence-electron chi connectivity index (χ1n) is 5.95. The third-order valence-electron chi connectivity index (χ3n) is 2.41. The van der Waals surface area contributed by atoms with Crippen molar-refractivity contribution in [2.24, 2.45) is 0 Å². The first-order valence-corrected chi connectivity index (χ1v) is 5.95. The van der Waals surface area contributed by atoms with Crippen molar-refractivity contribution < 1.29 is 10.2 Å². The van der Waals surface area contributed by atoms with E-state index in [0.29, 0.717) is 6.42 Å². The molecule has 0 saturated carbocycles. The summed E-state index contributed by atoms with van der Waals surface area (Å²) in [4.78, 5) is 0. The molecule has 2 heteroatoms. The van der Waals surface area contributed by atoms with Crippen molar-refractivity contribution >= 4 is 0 Å². The number of aliphatic hydroxyl groups is 2. The van der Waals surface area contributed by atoms with Crippen molar-refractivity contribution in [3.63, 3.8) is 0 Å². The van der Waals surface area contributed by atoms with Gasteiger partial charge in [-0.15, -0.1) is 0 Å². The second kappa shape index (κ2) is 11.0. The summed E-state index contributed by atoms with van der Waals surface area (Å²) in [6.07, 6.45) is 11.4. The summed E-state index contributed by atoms with van der Waals surface area (Å²) in [6.45, 7) is 2.18. The summed E-state index contributed by atoms with van der Waals surface area (Å²) < 4.78 is 0. The molecule has 0 saturated heterocycles. The highest BCUT2D eigenvalue weighted by Gasteiger charge is 1.96. The molecule has 0 atom stereocenters. The molecule has 0 rings (SSSR count). The number of hydrogen-bond donors (Lipinski definition) is 2. The number of aliphatic hydroxyl groups excluding tert-OH is 1. The van der Waals surface area contributed by atoms with Crippen molar-refractivity contribution in [2.75, 3.05) is 0 Å². The van der Waals surface area contributed by atoms with Crippen LogP contribution in [0.1, 0.15) is 64.7 Å². The molecule has 0 aliphatic rings. The molecule has 0 aromatic carbocycles. The van der Waals surface area contributed by atoms with E-state index in [9.17, 15) is 0 Å². The Morgan fingerprint density at radius 3 is 2.07 bits per heavy atom. The zero-order valence-electron chi connectivity index (χ0n) is 9.41. The average Bonchev–Trinajstić information content (AvgIpc) is 2.15. The second-order valence-corrected chi connectivity index (χ2v) is 3.88. The molecule has 0 aromatic rings. The monoisotopic (exact) mass is 201 g/mol. The largest absolute Gasteiger partial charge is 0.368 e. The van der Waals surface area contributed by atoms with Gasteiger partial charge in [0.2, 0.25) is 0 Å². The summed E-state index contributed by atoms with van der Waals surface area (Å²) in [7, 11) is 0. The Hall–Kier alpha value is -0.0800. The number of rotatable bonds is 10. The SMILES string of the molecule is CC[CH]CCCCCCCCC(O)O. The summed E-state index contributed by atoms with van der Waals surface area (Å²) in [5.41, 5.74) is 0. The molecule has 0 amide bonds. The van der Waals surface area contributed by atoms with E-state index in [0.717, 1.165) is 12.8 Å². The van der Waals surface area contributed by atoms with E-state index >= 15 is 0 Å². The highest BCUT2D eigenvalue weighted by Crippen LogP contribution is 2.10. The summed E-state index contributed by atoms with van der Waals surface area (Å²) in [6, 6.07) is 0. The van der Waals surface area contributed by atoms with Gasteiger partial charge in [0.05, 0.1) is 0 Å². The molecule has 1 radical (unpaired) electrons. The van der Waals surface area contributed by atoms with Crippen LogP contribution in [-0.4, -0.2) is 16.5 Å². The van der Waals surface area contributed by atoms with E-state index in [2.05, 4.69) is 13.3 Å². The molecule has 0 spiro atoms. The molecular formula is C12H25O2. The normalized spacial score (nSPS) is 11.1. The Kier molecular flexibility index (Phi) is 10.9. The Morgan fingerprint density at radius 2 is 1.50 bits per heavy atom. The Morgan fingerprint density at radius 1 is 0.929 bits per heavy atom. The van der Waals surface area contributed by atoms with Crippen molar-refractivity contribution in [1.29, 1.82) is 0 Å². The van der Waals surface area contributed by atoms with E-state index in [1.165, 1.54) is 38.5 Å². The summed E-state index contributed by atoms with van der Waals surface area (Å²) in [5.74, 6) is 0. The predicted molar refractivity (Wildman–Crippen MR) is 59.8 cm³/mol. The summed E-state index contributed by atoms with van der Waals surface area (Å²) >= 11 is 0. The Bertz CT molecular complexity index is 102. The van der Waals surface area contributed by atoms with Crippen LogP contribution >= 0.6 is 0 Å². The van der Waals surface area contributed by atoms with Crippen molar-refractivity contribution in [1.82, 2.24) is 0 Å². The van der Waals surface area contributed by atoms with E-state index < -0.39 is 6.29 Å². The molecule has 0 heterocycles. The van der Waals surface area contributed by atoms with Crippen molar-refractivity contribution in [3.8, 4) is 0 Å². The van der Waals surface area contributed by atoms with Crippen molar-refractivity contribution in [3.05, 3.63) is 6.42 Å². The van der Waals surface area contributed by atoms with Gasteiger partial charge in [-0.25, -0.2) is 0 Å². The minimum Gasteiger partial charge on any atom is -0.368 e. The van der Waals surface area contributed by atoms with Gasteiger partial charge in [0.15, 0.2) is 6.29 Å². The molecule has 2 nitrogen and oxygen atoms in total. The van der Waals surface area contributed by atoms with Gasteiger partial charge in [0, 0.05) is 0 Å². The van der Waals surface area contributed by atoms with Gasteiger partial charge in [0.1, 0.15) is 0 Å². The zero-order chi connectivity index (χ0) is 10.6. The van der Waals surface area contributed by atoms with E-state index in [4.69, 9.17) is 10.2 Å². The lowest BCUT2D eigenvalue weighted by Crippen LogP contribution is -2.02. The fraction of sp³-hybridized carbons (Fsp3) is 0.917. The fourth-order valence-corrected chi connectivity index (χ4v) is 1.53. The molecule has 85 valence electrons. The van der Waals surface area contributed by atoms with Gasteiger partial charge >= 0.3 is 0 Å². The zero-order valence-corrected chi connectivity index (χ0v) is 9.41. The molecular weight excluding hydrogens is 176 g/mol. The maximum Gasteiger partial charge on any atom is 0.151 e. The predicted octanol–water partition coefficient (Wildman–Crippen LogP) is 3.03. The topological polar surface area (TPSA) is 40.5 Å². The van der Waals surface area contributed by atoms with Gasteiger partial charge < -0.3 is 10.2 Å². The highest BCUT2D eigenvalue weighted by molar-refractivity contribution is 4.60. The standard InChI is InChI=1S/C12H25O2/c1-2-3-4-5-6-7-8-9-10-11-12(13)14/h3,12-14H,2,4-11H2,1H3. The number of unbranched alkanes of at least 4 members (excludes halogenated alkanes) is 8.